The number of amides is 10. The Labute approximate surface area is 792 Å². The summed E-state index contributed by atoms with van der Waals surface area (Å²) in [6.07, 6.45) is 7.20. The molecule has 12 N–H and O–H groups in total. The normalized spacial score (nSPS) is 27.5. The van der Waals surface area contributed by atoms with Crippen molar-refractivity contribution in [3.8, 4) is 0 Å². The number of primary amides is 2. The Balaban J connectivity index is 0.000000301. The number of piperidine rings is 2. The van der Waals surface area contributed by atoms with E-state index < -0.39 is 144 Å². The molecular formula is C94H118N10O26S4. The second-order valence-corrected chi connectivity index (χ2v) is 38.9. The number of Topliss-reactive ketones (excluding diaryl/α,β-unsaturated/α-hetero) is 2. The van der Waals surface area contributed by atoms with Gasteiger partial charge in [-0.3, -0.25) is 77.8 Å². The van der Waals surface area contributed by atoms with Crippen molar-refractivity contribution in [3.63, 3.8) is 0 Å². The van der Waals surface area contributed by atoms with Crippen LogP contribution in [0.5, 0.6) is 0 Å². The standard InChI is InChI=1S/2C47H59N5O13S2/c2*1-25-19-31-40(49-15-17-66-67-18-16-64-39(55)22-29-10-8-11-30-32(29)24-52(46(30)60)34-13-14-38(54)51-45(34)59)35(53)23-33(42(31)57)50-44(58)26(2)9-7-12-36(62-5)43(65-47(48)61)28(4)21-27(3)41(56)37(20-25)63-6/h2*7-12,21,23,25,27,34,36-37,41,43,49,56H,13-20,22,24H2,1-6H3,(H2,48,61)(H,50,58)(H,51,54,59)/b2*12-7-,26-9+,28-21+/t2*25-,27+,34?,36+,37+,41+,43+/m11/s1. The lowest BCUT2D eigenvalue weighted by atomic mass is 9.85. The summed E-state index contributed by atoms with van der Waals surface area (Å²) in [6.45, 7) is 14.9. The van der Waals surface area contributed by atoms with Gasteiger partial charge in [-0.05, 0) is 124 Å². The largest absolute Gasteiger partial charge is 0.465 e. The number of hydrogen-bond acceptors (Lipinski definition) is 32. The van der Waals surface area contributed by atoms with Crippen LogP contribution in [0, 0.1) is 23.7 Å². The first-order valence-electron chi connectivity index (χ1n) is 43.8. The van der Waals surface area contributed by atoms with Crippen LogP contribution in [0.4, 0.5) is 9.59 Å². The van der Waals surface area contributed by atoms with E-state index in [0.717, 1.165) is 12.2 Å². The molecular weight excluding hydrogens is 1810 g/mol. The van der Waals surface area contributed by atoms with Crippen molar-refractivity contribution in [2.75, 3.05) is 77.8 Å². The van der Waals surface area contributed by atoms with Crippen molar-refractivity contribution in [3.05, 3.63) is 187 Å². The minimum Gasteiger partial charge on any atom is -0.465 e. The summed E-state index contributed by atoms with van der Waals surface area (Å²) < 4.78 is 44.5. The Morgan fingerprint density at radius 3 is 1.23 bits per heavy atom. The molecule has 40 heteroatoms. The van der Waals surface area contributed by atoms with Gasteiger partial charge in [0.05, 0.1) is 60.0 Å². The van der Waals surface area contributed by atoms with Gasteiger partial charge >= 0.3 is 24.1 Å². The molecule has 2 aliphatic carbocycles. The fourth-order valence-electron chi connectivity index (χ4n) is 16.7. The van der Waals surface area contributed by atoms with E-state index in [2.05, 4.69) is 31.9 Å². The molecule has 14 atom stereocenters. The molecule has 36 nitrogen and oxygen atoms in total. The molecule has 2 fully saturated rings. The Morgan fingerprint density at radius 1 is 0.507 bits per heavy atom. The highest BCUT2D eigenvalue weighted by Crippen LogP contribution is 2.37. The fraction of sp³-hybridized carbons (Fsp3) is 0.489. The highest BCUT2D eigenvalue weighted by Gasteiger charge is 2.44. The number of aliphatic hydroxyl groups excluding tert-OH is 2. The van der Waals surface area contributed by atoms with Gasteiger partial charge in [0.25, 0.3) is 23.6 Å². The van der Waals surface area contributed by atoms with Crippen LogP contribution in [0.25, 0.3) is 0 Å². The van der Waals surface area contributed by atoms with Crippen LogP contribution >= 0.6 is 43.2 Å². The molecule has 8 aliphatic rings. The predicted octanol–water partition coefficient (Wildman–Crippen LogP) is 6.56. The smallest absolute Gasteiger partial charge is 0.405 e. The summed E-state index contributed by atoms with van der Waals surface area (Å²) in [5, 5.41) is 39.0. The number of allylic oxidation sites excluding steroid dienone is 8. The maximum Gasteiger partial charge on any atom is 0.405 e. The number of esters is 2. The lowest BCUT2D eigenvalue weighted by molar-refractivity contribution is -0.143. The summed E-state index contributed by atoms with van der Waals surface area (Å²) in [6, 6.07) is 8.65. The molecule has 10 amide bonds. The van der Waals surface area contributed by atoms with Gasteiger partial charge in [0.2, 0.25) is 46.8 Å². The number of rotatable bonds is 28. The number of carbonyl (C=O) groups excluding carboxylic acids is 16. The Morgan fingerprint density at radius 2 is 0.881 bits per heavy atom. The second-order valence-electron chi connectivity index (χ2n) is 33.5. The third-order valence-electron chi connectivity index (χ3n) is 23.6. The van der Waals surface area contributed by atoms with Crippen LogP contribution in [0.15, 0.2) is 153 Å². The first-order valence-corrected chi connectivity index (χ1v) is 48.8. The van der Waals surface area contributed by atoms with Gasteiger partial charge in [-0.2, -0.15) is 0 Å². The number of nitrogens with two attached hydrogens (primary N) is 2. The average Bonchev–Trinajstić information content (AvgIpc) is 1.63. The average molecular weight is 1930 g/mol. The van der Waals surface area contributed by atoms with E-state index in [1.165, 1.54) is 120 Å². The van der Waals surface area contributed by atoms with E-state index in [1.54, 1.807) is 88.4 Å². The molecule has 0 radical (unpaired) electrons. The molecule has 6 aliphatic heterocycles. The number of nitrogens with zero attached hydrogens (tertiary/aromatic N) is 2. The Hall–Kier alpha value is -11.1. The maximum atomic E-state index is 14.1. The molecule has 10 rings (SSSR count). The topological polar surface area (TPSA) is 518 Å². The first-order chi connectivity index (χ1) is 63.9. The van der Waals surface area contributed by atoms with Crippen molar-refractivity contribution in [2.45, 2.75) is 194 Å². The summed E-state index contributed by atoms with van der Waals surface area (Å²) in [5.74, 6) is -6.32. The van der Waals surface area contributed by atoms with E-state index in [1.807, 2.05) is 13.8 Å². The zero-order valence-electron chi connectivity index (χ0n) is 76.8. The number of methoxy groups -OCH3 is 4. The summed E-state index contributed by atoms with van der Waals surface area (Å²) in [7, 11) is 11.6. The quantitative estimate of drug-likeness (QED) is 0.00820. The van der Waals surface area contributed by atoms with E-state index in [0.29, 0.717) is 93.5 Å². The number of hydrogen-bond donors (Lipinski definition) is 10. The molecule has 2 aromatic carbocycles. The third kappa shape index (κ3) is 29.0. The number of ketones is 4. The second kappa shape index (κ2) is 51.0. The molecule has 2 aromatic rings. The molecule has 4 bridgehead atoms. The Kier molecular flexibility index (Phi) is 40.6. The van der Waals surface area contributed by atoms with Gasteiger partial charge in [-0.15, -0.1) is 0 Å². The van der Waals surface area contributed by atoms with E-state index in [-0.39, 0.29) is 158 Å². The molecule has 6 heterocycles. The number of nitrogens with one attached hydrogen (secondary N) is 6. The minimum absolute atomic E-state index is 0.0638. The van der Waals surface area contributed by atoms with Crippen LogP contribution in [0.1, 0.15) is 150 Å². The van der Waals surface area contributed by atoms with Crippen molar-refractivity contribution in [1.29, 1.82) is 0 Å². The number of aliphatic hydroxyl groups is 2. The van der Waals surface area contributed by atoms with E-state index in [4.69, 9.17) is 49.4 Å². The molecule has 134 heavy (non-hydrogen) atoms. The van der Waals surface area contributed by atoms with Crippen molar-refractivity contribution in [1.82, 2.24) is 41.7 Å². The number of fused-ring (bicyclic) bond motifs is 6. The zero-order valence-corrected chi connectivity index (χ0v) is 80.1. The number of benzene rings is 2. The highest BCUT2D eigenvalue weighted by molar-refractivity contribution is 8.77. The van der Waals surface area contributed by atoms with Crippen LogP contribution < -0.4 is 43.4 Å². The number of ether oxygens (including phenoxy) is 8. The van der Waals surface area contributed by atoms with Crippen LogP contribution in [0.3, 0.4) is 0 Å². The van der Waals surface area contributed by atoms with Gasteiger partial charge < -0.3 is 90.6 Å². The molecule has 0 aromatic heterocycles. The first kappa shape index (κ1) is 107. The highest BCUT2D eigenvalue weighted by atomic mass is 33.1. The van der Waals surface area contributed by atoms with E-state index >= 15 is 0 Å². The summed E-state index contributed by atoms with van der Waals surface area (Å²) in [4.78, 5) is 209. The fourth-order valence-corrected chi connectivity index (χ4v) is 20.1. The molecule has 724 valence electrons. The number of imide groups is 2. The molecule has 2 saturated heterocycles. The predicted molar refractivity (Wildman–Crippen MR) is 499 cm³/mol. The maximum absolute atomic E-state index is 14.1. The summed E-state index contributed by atoms with van der Waals surface area (Å²) in [5.41, 5.74) is 15.9. The van der Waals surface area contributed by atoms with Gasteiger partial charge in [0, 0.05) is 148 Å². The van der Waals surface area contributed by atoms with Crippen molar-refractivity contribution in [2.24, 2.45) is 35.1 Å². The van der Waals surface area contributed by atoms with Crippen molar-refractivity contribution >= 4 is 138 Å². The van der Waals surface area contributed by atoms with Crippen LogP contribution in [0.2, 0.25) is 0 Å². The third-order valence-corrected chi connectivity index (χ3v) is 28.4. The summed E-state index contributed by atoms with van der Waals surface area (Å²) >= 11 is 0. The van der Waals surface area contributed by atoms with Gasteiger partial charge in [0.1, 0.15) is 37.5 Å². The zero-order chi connectivity index (χ0) is 97.9. The lowest BCUT2D eigenvalue weighted by Gasteiger charge is -2.30. The molecule has 2 unspecified atom stereocenters. The van der Waals surface area contributed by atoms with Crippen LogP contribution in [-0.2, 0) is 121 Å². The minimum atomic E-state index is -1.03. The SMILES string of the molecule is CO[C@H]1/C=C\C=C(/C)C(=O)NC2=CC(=O)C(NCCSSCCOC(=O)Cc3cccc4c3CN(C3CCC(=O)NC3=O)C4=O)=C(C[C@@H](C)C[C@H](OC)[C@@H](O)[C@@H](C)/C=C(\C)[C@@H]1OC(N)=O)C2=O.CO[C@H]1/C=C\C=C(/C)C(=O)NC2=CC(=O)C(NCCSSCCOC(=O)Cc3cccc4c3CN(C3CCC(=O)NC3=O)C4=O)=C(C[C@@H](C)C[C@H](OC)[C@@H](O)[C@@H](C)/C=C(\C)[C@@H]1OC(N)=O)C2=O. The van der Waals surface area contributed by atoms with Gasteiger partial charge in [-0.25, -0.2) is 9.59 Å². The van der Waals surface area contributed by atoms with E-state index in [9.17, 15) is 86.9 Å². The lowest BCUT2D eigenvalue weighted by Crippen LogP contribution is -2.52. The molecule has 0 saturated carbocycles. The van der Waals surface area contributed by atoms with Crippen molar-refractivity contribution < 1.29 is 125 Å². The molecule has 0 spiro atoms. The Bertz CT molecular complexity index is 4860. The van der Waals surface area contributed by atoms with Gasteiger partial charge in [0.15, 0.2) is 12.2 Å². The number of carbonyl (C=O) groups is 16. The monoisotopic (exact) mass is 1930 g/mol. The van der Waals surface area contributed by atoms with Gasteiger partial charge in [-0.1, -0.05) is 144 Å². The van der Waals surface area contributed by atoms with Crippen LogP contribution in [-0.4, -0.2) is 253 Å².